The molecular weight excluding hydrogens is 481 g/mol. The monoisotopic (exact) mass is 507 g/mol. The number of guanidine groups is 1. The van der Waals surface area contributed by atoms with Crippen LogP contribution >= 0.6 is 35.6 Å². The molecule has 2 N–H and O–H groups in total. The van der Waals surface area contributed by atoms with Crippen molar-refractivity contribution in [2.24, 2.45) is 10.4 Å². The standard InChI is InChI=1S/C18H26ClN5O2.HI/c1-2-20-17(21-7-9-26-16-5-4-14(19)11-22-16)24-8-3-6-18(13-24)10-15(25)23-12-18;/h4-5,11H,2-3,6-10,12-13H2,1H3,(H,20,21)(H,23,25);1H. The van der Waals surface area contributed by atoms with Gasteiger partial charge in [0.1, 0.15) is 6.61 Å². The van der Waals surface area contributed by atoms with Gasteiger partial charge in [-0.05, 0) is 25.8 Å². The molecule has 3 heterocycles. The van der Waals surface area contributed by atoms with Gasteiger partial charge >= 0.3 is 0 Å². The SMILES string of the molecule is CCNC(=NCCOc1ccc(Cl)cn1)N1CCCC2(CNC(=O)C2)C1.I. The van der Waals surface area contributed by atoms with Crippen LogP contribution in [0.15, 0.2) is 23.3 Å². The molecule has 1 spiro atoms. The molecule has 2 saturated heterocycles. The van der Waals surface area contributed by atoms with Crippen molar-refractivity contribution >= 4 is 47.4 Å². The lowest BCUT2D eigenvalue weighted by Crippen LogP contribution is -2.51. The Balaban J connectivity index is 0.00000261. The summed E-state index contributed by atoms with van der Waals surface area (Å²) < 4.78 is 5.61. The third kappa shape index (κ3) is 6.10. The number of ether oxygens (including phenoxy) is 1. The number of piperidine rings is 1. The van der Waals surface area contributed by atoms with E-state index in [1.165, 1.54) is 0 Å². The second-order valence-electron chi connectivity index (χ2n) is 6.88. The fraction of sp³-hybridized carbons (Fsp3) is 0.611. The first-order chi connectivity index (χ1) is 12.6. The van der Waals surface area contributed by atoms with Gasteiger partial charge in [0.05, 0.1) is 11.6 Å². The Kier molecular flexibility index (Phi) is 8.40. The summed E-state index contributed by atoms with van der Waals surface area (Å²) in [7, 11) is 0. The van der Waals surface area contributed by atoms with Crippen molar-refractivity contribution in [2.75, 3.05) is 39.3 Å². The molecule has 2 fully saturated rings. The number of halogens is 2. The van der Waals surface area contributed by atoms with Crippen molar-refractivity contribution in [1.29, 1.82) is 0 Å². The van der Waals surface area contributed by atoms with Crippen molar-refractivity contribution in [3.05, 3.63) is 23.4 Å². The minimum atomic E-state index is 0. The van der Waals surface area contributed by atoms with Gasteiger partial charge in [-0.25, -0.2) is 9.98 Å². The molecule has 2 aliphatic rings. The van der Waals surface area contributed by atoms with E-state index >= 15 is 0 Å². The normalized spacial score (nSPS) is 22.4. The summed E-state index contributed by atoms with van der Waals surface area (Å²) in [5.41, 5.74) is 0.0508. The van der Waals surface area contributed by atoms with Gasteiger partial charge in [-0.2, -0.15) is 0 Å². The number of hydrogen-bond donors (Lipinski definition) is 2. The molecule has 1 aromatic heterocycles. The van der Waals surface area contributed by atoms with Gasteiger partial charge in [0, 0.05) is 50.3 Å². The number of carbonyl (C=O) groups excluding carboxylic acids is 1. The molecule has 0 aromatic carbocycles. The molecule has 27 heavy (non-hydrogen) atoms. The van der Waals surface area contributed by atoms with Gasteiger partial charge in [0.15, 0.2) is 5.96 Å². The zero-order chi connectivity index (χ0) is 18.4. The van der Waals surface area contributed by atoms with E-state index in [0.29, 0.717) is 30.5 Å². The molecule has 0 bridgehead atoms. The molecule has 3 rings (SSSR count). The number of nitrogens with one attached hydrogen (secondary N) is 2. The molecule has 0 aliphatic carbocycles. The van der Waals surface area contributed by atoms with Crippen LogP contribution in [0.5, 0.6) is 5.88 Å². The van der Waals surface area contributed by atoms with Gasteiger partial charge < -0.3 is 20.3 Å². The van der Waals surface area contributed by atoms with E-state index in [1.807, 2.05) is 0 Å². The average Bonchev–Trinajstić information content (AvgIpc) is 2.99. The first kappa shape index (κ1) is 22.0. The van der Waals surface area contributed by atoms with Crippen LogP contribution in [0.3, 0.4) is 0 Å². The molecule has 0 saturated carbocycles. The summed E-state index contributed by atoms with van der Waals surface area (Å²) in [5, 5.41) is 6.93. The van der Waals surface area contributed by atoms with Gasteiger partial charge in [-0.3, -0.25) is 4.79 Å². The van der Waals surface area contributed by atoms with Crippen LogP contribution in [-0.4, -0.2) is 61.1 Å². The van der Waals surface area contributed by atoms with Gasteiger partial charge in [-0.15, -0.1) is 24.0 Å². The topological polar surface area (TPSA) is 78.9 Å². The maximum absolute atomic E-state index is 11.7. The molecule has 1 amide bonds. The first-order valence-electron chi connectivity index (χ1n) is 9.14. The summed E-state index contributed by atoms with van der Waals surface area (Å²) in [4.78, 5) is 22.8. The van der Waals surface area contributed by atoms with E-state index in [0.717, 1.165) is 45.0 Å². The molecule has 0 radical (unpaired) electrons. The number of aromatic nitrogens is 1. The van der Waals surface area contributed by atoms with Crippen LogP contribution in [0, 0.1) is 5.41 Å². The largest absolute Gasteiger partial charge is 0.476 e. The minimum absolute atomic E-state index is 0. The van der Waals surface area contributed by atoms with Gasteiger partial charge in [-0.1, -0.05) is 11.6 Å². The van der Waals surface area contributed by atoms with E-state index in [4.69, 9.17) is 21.3 Å². The quantitative estimate of drug-likeness (QED) is 0.277. The van der Waals surface area contributed by atoms with Gasteiger partial charge in [0.25, 0.3) is 0 Å². The first-order valence-corrected chi connectivity index (χ1v) is 9.52. The molecular formula is C18H27ClIN5O2. The lowest BCUT2D eigenvalue weighted by atomic mass is 9.79. The number of aliphatic imine (C=N–C) groups is 1. The second kappa shape index (κ2) is 10.3. The highest BCUT2D eigenvalue weighted by atomic mass is 127. The second-order valence-corrected chi connectivity index (χ2v) is 7.31. The van der Waals surface area contributed by atoms with Crippen molar-refractivity contribution in [1.82, 2.24) is 20.5 Å². The summed E-state index contributed by atoms with van der Waals surface area (Å²) in [6.07, 6.45) is 4.35. The fourth-order valence-corrected chi connectivity index (χ4v) is 3.72. The van der Waals surface area contributed by atoms with E-state index in [1.54, 1.807) is 18.3 Å². The Morgan fingerprint density at radius 2 is 2.37 bits per heavy atom. The zero-order valence-corrected chi connectivity index (χ0v) is 18.6. The van der Waals surface area contributed by atoms with E-state index < -0.39 is 0 Å². The number of rotatable bonds is 5. The van der Waals surface area contributed by atoms with Crippen molar-refractivity contribution < 1.29 is 9.53 Å². The van der Waals surface area contributed by atoms with Crippen molar-refractivity contribution in [3.8, 4) is 5.88 Å². The number of likely N-dealkylation sites (tertiary alicyclic amines) is 1. The van der Waals surface area contributed by atoms with E-state index in [2.05, 4.69) is 27.4 Å². The Labute approximate surface area is 182 Å². The van der Waals surface area contributed by atoms with Crippen LogP contribution in [0.2, 0.25) is 5.02 Å². The van der Waals surface area contributed by atoms with Gasteiger partial charge in [0.2, 0.25) is 11.8 Å². The van der Waals surface area contributed by atoms with Crippen LogP contribution in [0.1, 0.15) is 26.2 Å². The maximum Gasteiger partial charge on any atom is 0.220 e. The molecule has 7 nitrogen and oxygen atoms in total. The predicted octanol–water partition coefficient (Wildman–Crippen LogP) is 2.30. The van der Waals surface area contributed by atoms with Crippen LogP contribution in [-0.2, 0) is 4.79 Å². The highest BCUT2D eigenvalue weighted by Crippen LogP contribution is 2.35. The van der Waals surface area contributed by atoms with Crippen LogP contribution in [0.4, 0.5) is 0 Å². The number of pyridine rings is 1. The Morgan fingerprint density at radius 3 is 3.04 bits per heavy atom. The summed E-state index contributed by atoms with van der Waals surface area (Å²) in [5.74, 6) is 1.60. The van der Waals surface area contributed by atoms with E-state index in [9.17, 15) is 4.79 Å². The number of amides is 1. The highest BCUT2D eigenvalue weighted by molar-refractivity contribution is 14.0. The average molecular weight is 508 g/mol. The molecule has 1 unspecified atom stereocenters. The minimum Gasteiger partial charge on any atom is -0.476 e. The van der Waals surface area contributed by atoms with Crippen molar-refractivity contribution in [2.45, 2.75) is 26.2 Å². The number of nitrogens with zero attached hydrogens (tertiary/aromatic N) is 3. The highest BCUT2D eigenvalue weighted by Gasteiger charge is 2.42. The lowest BCUT2D eigenvalue weighted by Gasteiger charge is -2.40. The Hall–Kier alpha value is -1.29. The lowest BCUT2D eigenvalue weighted by molar-refractivity contribution is -0.119. The summed E-state index contributed by atoms with van der Waals surface area (Å²) in [6.45, 7) is 6.44. The fourth-order valence-electron chi connectivity index (χ4n) is 3.60. The molecule has 1 aromatic rings. The smallest absolute Gasteiger partial charge is 0.220 e. The third-order valence-electron chi connectivity index (χ3n) is 4.80. The molecule has 9 heteroatoms. The van der Waals surface area contributed by atoms with Crippen LogP contribution < -0.4 is 15.4 Å². The number of hydrogen-bond acceptors (Lipinski definition) is 4. The predicted molar refractivity (Wildman–Crippen MR) is 117 cm³/mol. The third-order valence-corrected chi connectivity index (χ3v) is 5.02. The Bertz CT molecular complexity index is 658. The molecule has 2 aliphatic heterocycles. The van der Waals surface area contributed by atoms with Crippen molar-refractivity contribution in [3.63, 3.8) is 0 Å². The van der Waals surface area contributed by atoms with Crippen LogP contribution in [0.25, 0.3) is 0 Å². The summed E-state index contributed by atoms with van der Waals surface area (Å²) in [6, 6.07) is 3.50. The van der Waals surface area contributed by atoms with E-state index in [-0.39, 0.29) is 35.3 Å². The summed E-state index contributed by atoms with van der Waals surface area (Å²) >= 11 is 5.82. The molecule has 1 atom stereocenters. The zero-order valence-electron chi connectivity index (χ0n) is 15.5. The number of carbonyl (C=O) groups is 1. The molecule has 150 valence electrons. The maximum atomic E-state index is 11.7. The Morgan fingerprint density at radius 1 is 1.52 bits per heavy atom.